The third-order valence-corrected chi connectivity index (χ3v) is 3.26. The quantitative estimate of drug-likeness (QED) is 0.796. The van der Waals surface area contributed by atoms with Crippen LogP contribution in [0.3, 0.4) is 0 Å². The number of hydrogen-bond donors (Lipinski definition) is 1. The molecule has 7 heteroatoms. The molecule has 2 aromatic heterocycles. The van der Waals surface area contributed by atoms with E-state index in [1.165, 1.54) is 6.26 Å². The molecular formula is C15H12ClN3O3. The van der Waals surface area contributed by atoms with E-state index in [1.54, 1.807) is 43.3 Å². The van der Waals surface area contributed by atoms with Gasteiger partial charge in [0.15, 0.2) is 5.76 Å². The fourth-order valence-electron chi connectivity index (χ4n) is 1.86. The zero-order valence-corrected chi connectivity index (χ0v) is 12.4. The lowest BCUT2D eigenvalue weighted by Gasteiger charge is -2.07. The van der Waals surface area contributed by atoms with Gasteiger partial charge < -0.3 is 14.3 Å². The van der Waals surface area contributed by atoms with E-state index in [0.717, 1.165) is 5.56 Å². The number of carbonyl (C=O) groups is 1. The molecule has 1 atom stereocenters. The number of nitrogens with one attached hydrogen (secondary N) is 1. The second-order valence-electron chi connectivity index (χ2n) is 4.64. The maximum Gasteiger partial charge on any atom is 0.287 e. The minimum absolute atomic E-state index is 0.226. The molecule has 0 aliphatic rings. The molecule has 0 unspecified atom stereocenters. The van der Waals surface area contributed by atoms with Crippen LogP contribution in [0.2, 0.25) is 5.02 Å². The molecule has 2 heterocycles. The molecule has 0 spiro atoms. The molecule has 22 heavy (non-hydrogen) atoms. The maximum absolute atomic E-state index is 11.9. The molecule has 0 aliphatic heterocycles. The van der Waals surface area contributed by atoms with Crippen molar-refractivity contribution in [3.05, 3.63) is 59.3 Å². The molecule has 0 saturated carbocycles. The molecule has 3 rings (SSSR count). The molecule has 112 valence electrons. The van der Waals surface area contributed by atoms with Gasteiger partial charge in [-0.15, -0.1) is 0 Å². The number of aromatic nitrogens is 2. The van der Waals surface area contributed by atoms with Crippen molar-refractivity contribution in [2.75, 3.05) is 0 Å². The van der Waals surface area contributed by atoms with Gasteiger partial charge in [0.05, 0.1) is 6.26 Å². The molecule has 0 aliphatic carbocycles. The lowest BCUT2D eigenvalue weighted by Crippen LogP contribution is -2.26. The van der Waals surface area contributed by atoms with Crippen LogP contribution in [0.5, 0.6) is 0 Å². The van der Waals surface area contributed by atoms with Crippen LogP contribution in [-0.2, 0) is 0 Å². The highest BCUT2D eigenvalue weighted by molar-refractivity contribution is 6.30. The van der Waals surface area contributed by atoms with Crippen LogP contribution in [0.4, 0.5) is 0 Å². The number of furan rings is 1. The summed E-state index contributed by atoms with van der Waals surface area (Å²) in [6.07, 6.45) is 1.44. The number of carbonyl (C=O) groups excluding carboxylic acids is 1. The van der Waals surface area contributed by atoms with Crippen LogP contribution in [0.15, 0.2) is 51.6 Å². The summed E-state index contributed by atoms with van der Waals surface area (Å²) in [5.74, 6) is 0.628. The van der Waals surface area contributed by atoms with E-state index in [9.17, 15) is 4.79 Å². The van der Waals surface area contributed by atoms with Gasteiger partial charge in [0.2, 0.25) is 11.7 Å². The number of hydrogen-bond acceptors (Lipinski definition) is 5. The Labute approximate surface area is 131 Å². The van der Waals surface area contributed by atoms with Gasteiger partial charge >= 0.3 is 0 Å². The van der Waals surface area contributed by atoms with Crippen molar-refractivity contribution in [3.63, 3.8) is 0 Å². The monoisotopic (exact) mass is 317 g/mol. The van der Waals surface area contributed by atoms with Crippen molar-refractivity contribution in [2.24, 2.45) is 0 Å². The Kier molecular flexibility index (Phi) is 3.93. The van der Waals surface area contributed by atoms with E-state index < -0.39 is 6.04 Å². The van der Waals surface area contributed by atoms with Crippen molar-refractivity contribution in [3.8, 4) is 11.4 Å². The third kappa shape index (κ3) is 3.01. The fraction of sp³-hybridized carbons (Fsp3) is 0.133. The molecule has 0 saturated heterocycles. The van der Waals surface area contributed by atoms with Crippen LogP contribution in [0, 0.1) is 0 Å². The van der Waals surface area contributed by atoms with Crippen LogP contribution in [0.1, 0.15) is 29.4 Å². The first-order valence-corrected chi connectivity index (χ1v) is 6.95. The summed E-state index contributed by atoms with van der Waals surface area (Å²) in [6.45, 7) is 1.75. The van der Waals surface area contributed by atoms with E-state index in [-0.39, 0.29) is 11.7 Å². The Balaban J connectivity index is 1.73. The molecule has 1 amide bonds. The lowest BCUT2D eigenvalue weighted by molar-refractivity contribution is 0.0904. The third-order valence-electron chi connectivity index (χ3n) is 3.01. The average Bonchev–Trinajstić information content (AvgIpc) is 3.20. The Morgan fingerprint density at radius 2 is 2.05 bits per heavy atom. The predicted octanol–water partition coefficient (Wildman–Crippen LogP) is 3.47. The van der Waals surface area contributed by atoms with Crippen LogP contribution in [-0.4, -0.2) is 16.0 Å². The standard InChI is InChI=1S/C15H12ClN3O3/c1-9(17-14(20)12-3-2-8-21-12)15-18-13(19-22-15)10-4-6-11(16)7-5-10/h2-9H,1H3,(H,17,20)/t9-/m1/s1. The summed E-state index contributed by atoms with van der Waals surface area (Å²) in [4.78, 5) is 16.2. The Bertz CT molecular complexity index is 766. The van der Waals surface area contributed by atoms with Gasteiger partial charge in [-0.25, -0.2) is 0 Å². The van der Waals surface area contributed by atoms with E-state index >= 15 is 0 Å². The largest absolute Gasteiger partial charge is 0.459 e. The van der Waals surface area contributed by atoms with Crippen LogP contribution in [0.25, 0.3) is 11.4 Å². The Morgan fingerprint density at radius 3 is 2.73 bits per heavy atom. The molecular weight excluding hydrogens is 306 g/mol. The summed E-state index contributed by atoms with van der Waals surface area (Å²) in [6, 6.07) is 9.86. The van der Waals surface area contributed by atoms with E-state index in [4.69, 9.17) is 20.5 Å². The van der Waals surface area contributed by atoms with Gasteiger partial charge in [-0.2, -0.15) is 4.98 Å². The molecule has 0 bridgehead atoms. The van der Waals surface area contributed by atoms with Crippen LogP contribution >= 0.6 is 11.6 Å². The Hall–Kier alpha value is -2.60. The lowest BCUT2D eigenvalue weighted by atomic mass is 10.2. The molecule has 1 aromatic carbocycles. The molecule has 6 nitrogen and oxygen atoms in total. The van der Waals surface area contributed by atoms with Gasteiger partial charge in [-0.05, 0) is 43.3 Å². The number of amides is 1. The maximum atomic E-state index is 11.9. The fourth-order valence-corrected chi connectivity index (χ4v) is 1.99. The van der Waals surface area contributed by atoms with Crippen molar-refractivity contribution in [2.45, 2.75) is 13.0 Å². The average molecular weight is 318 g/mol. The second-order valence-corrected chi connectivity index (χ2v) is 5.07. The topological polar surface area (TPSA) is 81.2 Å². The molecule has 3 aromatic rings. The van der Waals surface area contributed by atoms with Crippen molar-refractivity contribution in [1.82, 2.24) is 15.5 Å². The van der Waals surface area contributed by atoms with E-state index in [2.05, 4.69) is 15.5 Å². The zero-order valence-electron chi connectivity index (χ0n) is 11.6. The van der Waals surface area contributed by atoms with E-state index in [0.29, 0.717) is 16.7 Å². The van der Waals surface area contributed by atoms with Gasteiger partial charge in [-0.1, -0.05) is 16.8 Å². The normalized spacial score (nSPS) is 12.1. The second kappa shape index (κ2) is 6.03. The van der Waals surface area contributed by atoms with E-state index in [1.807, 2.05) is 0 Å². The number of nitrogens with zero attached hydrogens (tertiary/aromatic N) is 2. The summed E-state index contributed by atoms with van der Waals surface area (Å²) in [5, 5.41) is 7.26. The number of benzene rings is 1. The minimum atomic E-state index is -0.439. The van der Waals surface area contributed by atoms with Gasteiger partial charge in [0.1, 0.15) is 6.04 Å². The highest BCUT2D eigenvalue weighted by Crippen LogP contribution is 2.20. The summed E-state index contributed by atoms with van der Waals surface area (Å²) in [5.41, 5.74) is 0.781. The first-order chi connectivity index (χ1) is 10.6. The summed E-state index contributed by atoms with van der Waals surface area (Å²) in [7, 11) is 0. The molecule has 0 fully saturated rings. The van der Waals surface area contributed by atoms with Crippen LogP contribution < -0.4 is 5.32 Å². The first kappa shape index (κ1) is 14.3. The van der Waals surface area contributed by atoms with Crippen molar-refractivity contribution >= 4 is 17.5 Å². The smallest absolute Gasteiger partial charge is 0.287 e. The zero-order chi connectivity index (χ0) is 15.5. The number of rotatable bonds is 4. The number of halogens is 1. The highest BCUT2D eigenvalue weighted by Gasteiger charge is 2.19. The molecule has 1 N–H and O–H groups in total. The minimum Gasteiger partial charge on any atom is -0.459 e. The van der Waals surface area contributed by atoms with Gasteiger partial charge in [0, 0.05) is 10.6 Å². The Morgan fingerprint density at radius 1 is 1.27 bits per heavy atom. The predicted molar refractivity (Wildman–Crippen MR) is 79.3 cm³/mol. The van der Waals surface area contributed by atoms with Gasteiger partial charge in [-0.3, -0.25) is 4.79 Å². The SMILES string of the molecule is C[C@@H](NC(=O)c1ccco1)c1nc(-c2ccc(Cl)cc2)no1. The van der Waals surface area contributed by atoms with Crippen molar-refractivity contribution < 1.29 is 13.7 Å². The first-order valence-electron chi connectivity index (χ1n) is 6.57. The summed E-state index contributed by atoms with van der Waals surface area (Å²) < 4.78 is 10.2. The molecule has 0 radical (unpaired) electrons. The highest BCUT2D eigenvalue weighted by atomic mass is 35.5. The summed E-state index contributed by atoms with van der Waals surface area (Å²) >= 11 is 5.84. The van der Waals surface area contributed by atoms with Crippen molar-refractivity contribution in [1.29, 1.82) is 0 Å². The van der Waals surface area contributed by atoms with Gasteiger partial charge in [0.25, 0.3) is 5.91 Å².